The quantitative estimate of drug-likeness (QED) is 0.707. The van der Waals surface area contributed by atoms with Gasteiger partial charge in [-0.2, -0.15) is 13.2 Å². The van der Waals surface area contributed by atoms with E-state index in [1.807, 2.05) is 0 Å². The summed E-state index contributed by atoms with van der Waals surface area (Å²) < 4.78 is 40.2. The van der Waals surface area contributed by atoms with Gasteiger partial charge >= 0.3 is 13.9 Å². The lowest BCUT2D eigenvalue weighted by Gasteiger charge is -2.06. The molecule has 0 aliphatic heterocycles. The van der Waals surface area contributed by atoms with Crippen LogP contribution >= 0.6 is 0 Å². The van der Waals surface area contributed by atoms with Crippen LogP contribution in [0.3, 0.4) is 0 Å². The van der Waals surface area contributed by atoms with Crippen molar-refractivity contribution in [3.05, 3.63) is 23.9 Å². The van der Waals surface area contributed by atoms with Crippen molar-refractivity contribution >= 4 is 7.69 Å². The highest BCUT2D eigenvalue weighted by Gasteiger charge is 2.30. The molecule has 0 saturated carbocycles. The fraction of sp³-hybridized carbons (Fsp3) is 0.167. The first kappa shape index (κ1) is 9.85. The zero-order valence-electron chi connectivity index (χ0n) is 6.25. The topological polar surface area (TPSA) is 42.4 Å². The third-order valence-corrected chi connectivity index (χ3v) is 1.24. The maximum atomic E-state index is 12.0. The predicted molar refractivity (Wildman–Crippen MR) is 37.8 cm³/mol. The summed E-state index contributed by atoms with van der Waals surface area (Å²) >= 11 is 0. The van der Waals surface area contributed by atoms with Crippen LogP contribution in [0.5, 0.6) is 5.88 Å². The van der Waals surface area contributed by atoms with E-state index in [1.165, 1.54) is 0 Å². The van der Waals surface area contributed by atoms with E-state index in [4.69, 9.17) is 5.02 Å². The van der Waals surface area contributed by atoms with Gasteiger partial charge in [-0.05, 0) is 12.1 Å². The average molecular weight is 190 g/mol. The highest BCUT2D eigenvalue weighted by atomic mass is 19.4. The molecule has 0 aliphatic rings. The predicted octanol–water partition coefficient (Wildman–Crippen LogP) is 1.01. The number of halogens is 3. The number of nitrogens with zero attached hydrogens (tertiary/aromatic N) is 1. The molecular weight excluding hydrogens is 186 g/mol. The van der Waals surface area contributed by atoms with Gasteiger partial charge in [0.15, 0.2) is 5.88 Å². The van der Waals surface area contributed by atoms with E-state index in [0.717, 1.165) is 12.1 Å². The molecule has 3 nitrogen and oxygen atoms in total. The first-order valence-corrected chi connectivity index (χ1v) is 3.20. The minimum absolute atomic E-state index is 0.101. The maximum Gasteiger partial charge on any atom is 0.570 e. The minimum Gasteiger partial charge on any atom is -0.523 e. The Kier molecular flexibility index (Phi) is 2.77. The van der Waals surface area contributed by atoms with Crippen LogP contribution in [0.1, 0.15) is 5.56 Å². The Morgan fingerprint density at radius 1 is 1.38 bits per heavy atom. The average Bonchev–Trinajstić information content (AvgIpc) is 2.04. The lowest BCUT2D eigenvalue weighted by Crippen LogP contribution is -2.06. The molecule has 0 aliphatic carbocycles. The van der Waals surface area contributed by atoms with Crippen molar-refractivity contribution in [3.8, 4) is 5.88 Å². The smallest absolute Gasteiger partial charge is 0.523 e. The summed E-state index contributed by atoms with van der Waals surface area (Å²) in [6.07, 6.45) is -3.78. The molecule has 0 atom stereocenters. The van der Waals surface area contributed by atoms with Gasteiger partial charge in [0.2, 0.25) is 0 Å². The van der Waals surface area contributed by atoms with Gasteiger partial charge in [0.25, 0.3) is 0 Å². The molecule has 0 saturated heterocycles. The Bertz CT molecular complexity index is 274. The Hall–Kier alpha value is -1.24. The van der Waals surface area contributed by atoms with Crippen molar-refractivity contribution in [1.82, 2.24) is 4.98 Å². The van der Waals surface area contributed by atoms with Crippen LogP contribution in [-0.4, -0.2) is 17.7 Å². The van der Waals surface area contributed by atoms with E-state index in [1.54, 1.807) is 0 Å². The molecule has 1 N–H and O–H groups in total. The van der Waals surface area contributed by atoms with Gasteiger partial charge in [0, 0.05) is 6.20 Å². The largest absolute Gasteiger partial charge is 0.570 e. The van der Waals surface area contributed by atoms with Crippen LogP contribution in [0.25, 0.3) is 0 Å². The van der Waals surface area contributed by atoms with Gasteiger partial charge in [-0.1, -0.05) is 0 Å². The van der Waals surface area contributed by atoms with E-state index in [-0.39, 0.29) is 5.88 Å². The van der Waals surface area contributed by atoms with Crippen LogP contribution in [0.15, 0.2) is 18.3 Å². The van der Waals surface area contributed by atoms with Gasteiger partial charge in [-0.25, -0.2) is 4.98 Å². The number of aromatic nitrogens is 1. The van der Waals surface area contributed by atoms with Crippen molar-refractivity contribution in [1.29, 1.82) is 0 Å². The summed E-state index contributed by atoms with van der Waals surface area (Å²) in [6, 6.07) is 1.82. The third kappa shape index (κ3) is 2.62. The van der Waals surface area contributed by atoms with Crippen LogP contribution in [-0.2, 0) is 6.18 Å². The molecular formula is C6H4BF3NO2. The Morgan fingerprint density at radius 2 is 2.08 bits per heavy atom. The molecule has 1 heterocycles. The number of hydrogen-bond acceptors (Lipinski definition) is 3. The van der Waals surface area contributed by atoms with Crippen molar-refractivity contribution < 1.29 is 22.8 Å². The third-order valence-electron chi connectivity index (χ3n) is 1.24. The standard InChI is InChI=1S/C6H4BF3NO2/c8-6(9,10)4-1-2-5(11-3-4)13-7-12/h1-3,12H. The summed E-state index contributed by atoms with van der Waals surface area (Å²) in [4.78, 5) is 3.30. The second kappa shape index (κ2) is 3.65. The maximum absolute atomic E-state index is 12.0. The van der Waals surface area contributed by atoms with Crippen molar-refractivity contribution in [3.63, 3.8) is 0 Å². The highest BCUT2D eigenvalue weighted by molar-refractivity contribution is 6.17. The van der Waals surface area contributed by atoms with Crippen LogP contribution in [0.4, 0.5) is 13.2 Å². The molecule has 69 valence electrons. The summed E-state index contributed by atoms with van der Waals surface area (Å²) in [5.74, 6) is -0.101. The van der Waals surface area contributed by atoms with Crippen LogP contribution in [0.2, 0.25) is 0 Å². The summed E-state index contributed by atoms with van der Waals surface area (Å²) in [5, 5.41) is 8.14. The van der Waals surface area contributed by atoms with Crippen LogP contribution in [0, 0.1) is 0 Å². The van der Waals surface area contributed by atoms with Crippen molar-refractivity contribution in [2.45, 2.75) is 6.18 Å². The normalized spacial score (nSPS) is 11.1. The molecule has 0 aromatic carbocycles. The van der Waals surface area contributed by atoms with E-state index >= 15 is 0 Å². The zero-order valence-corrected chi connectivity index (χ0v) is 6.25. The van der Waals surface area contributed by atoms with Crippen LogP contribution < -0.4 is 4.65 Å². The van der Waals surface area contributed by atoms with Gasteiger partial charge in [-0.3, -0.25) is 0 Å². The molecule has 1 radical (unpaired) electrons. The highest BCUT2D eigenvalue weighted by Crippen LogP contribution is 2.28. The molecule has 0 fully saturated rings. The molecule has 1 rings (SSSR count). The van der Waals surface area contributed by atoms with Crippen molar-refractivity contribution in [2.24, 2.45) is 0 Å². The number of rotatable bonds is 2. The van der Waals surface area contributed by atoms with Gasteiger partial charge in [-0.15, -0.1) is 0 Å². The molecule has 1 aromatic rings. The second-order valence-electron chi connectivity index (χ2n) is 2.11. The Balaban J connectivity index is 2.81. The summed E-state index contributed by atoms with van der Waals surface area (Å²) in [6.45, 7) is 0. The monoisotopic (exact) mass is 190 g/mol. The van der Waals surface area contributed by atoms with E-state index in [0.29, 0.717) is 13.9 Å². The SMILES string of the molecule is O[B]Oc1ccc(C(F)(F)F)cn1. The Labute approximate surface area is 72.5 Å². The molecule has 13 heavy (non-hydrogen) atoms. The summed E-state index contributed by atoms with van der Waals surface area (Å²) in [5.41, 5.74) is -0.863. The fourth-order valence-electron chi connectivity index (χ4n) is 0.672. The molecule has 1 aromatic heterocycles. The molecule has 0 bridgehead atoms. The molecule has 0 amide bonds. The van der Waals surface area contributed by atoms with E-state index in [2.05, 4.69) is 9.64 Å². The molecule has 0 unspecified atom stereocenters. The first-order chi connectivity index (χ1) is 6.04. The lowest BCUT2D eigenvalue weighted by atomic mass is 10.3. The van der Waals surface area contributed by atoms with E-state index in [9.17, 15) is 13.2 Å². The van der Waals surface area contributed by atoms with E-state index < -0.39 is 11.7 Å². The first-order valence-electron chi connectivity index (χ1n) is 3.20. The second-order valence-corrected chi connectivity index (χ2v) is 2.11. The van der Waals surface area contributed by atoms with Gasteiger partial charge in [0.1, 0.15) is 0 Å². The molecule has 0 spiro atoms. The Morgan fingerprint density at radius 3 is 2.46 bits per heavy atom. The number of hydrogen-bond donors (Lipinski definition) is 1. The summed E-state index contributed by atoms with van der Waals surface area (Å²) in [7, 11) is 0.343. The lowest BCUT2D eigenvalue weighted by molar-refractivity contribution is -0.137. The number of alkyl halides is 3. The van der Waals surface area contributed by atoms with Crippen molar-refractivity contribution in [2.75, 3.05) is 0 Å². The van der Waals surface area contributed by atoms with Gasteiger partial charge in [0.05, 0.1) is 5.56 Å². The fourth-order valence-corrected chi connectivity index (χ4v) is 0.672. The molecule has 7 heteroatoms. The zero-order chi connectivity index (χ0) is 9.90. The minimum atomic E-state index is -4.41. The number of pyridine rings is 1. The van der Waals surface area contributed by atoms with Gasteiger partial charge < -0.3 is 9.68 Å².